The Hall–Kier alpha value is -2.58. The molecule has 0 aliphatic carbocycles. The molecule has 0 aliphatic heterocycles. The second-order valence-electron chi connectivity index (χ2n) is 7.39. The summed E-state index contributed by atoms with van der Waals surface area (Å²) in [6.07, 6.45) is 0. The molecule has 2 heterocycles. The lowest BCUT2D eigenvalue weighted by atomic mass is 10.1. The van der Waals surface area contributed by atoms with Gasteiger partial charge in [0.2, 0.25) is 0 Å². The standard InChI is InChI=1S/C13H14BrNO2.C11H10BrNO2/c1-4-17-13(16)12-8(2)15(3)11-6-5-9(14)7-10(11)12;1-6-10(11(14)15)8-5-7(12)3-4-9(8)13(6)2/h5-7H,4H2,1-3H3;3-5H,1-2H3,(H,14,15). The van der Waals surface area contributed by atoms with Gasteiger partial charge >= 0.3 is 11.9 Å². The van der Waals surface area contributed by atoms with Crippen LogP contribution in [0.4, 0.5) is 0 Å². The highest BCUT2D eigenvalue weighted by Gasteiger charge is 2.19. The number of carbonyl (C=O) groups excluding carboxylic acids is 1. The summed E-state index contributed by atoms with van der Waals surface area (Å²) in [6.45, 7) is 5.95. The van der Waals surface area contributed by atoms with Crippen LogP contribution in [0.5, 0.6) is 0 Å². The van der Waals surface area contributed by atoms with Crippen molar-refractivity contribution < 1.29 is 19.4 Å². The maximum atomic E-state index is 12.0. The quantitative estimate of drug-likeness (QED) is 0.294. The van der Waals surface area contributed by atoms with Crippen molar-refractivity contribution in [1.82, 2.24) is 9.13 Å². The lowest BCUT2D eigenvalue weighted by molar-refractivity contribution is 0.0527. The van der Waals surface area contributed by atoms with Crippen molar-refractivity contribution in [3.8, 4) is 0 Å². The molecule has 0 unspecified atom stereocenters. The first-order valence-electron chi connectivity index (χ1n) is 9.97. The number of ether oxygens (including phenoxy) is 1. The largest absolute Gasteiger partial charge is 0.478 e. The van der Waals surface area contributed by atoms with E-state index < -0.39 is 5.97 Å². The zero-order valence-electron chi connectivity index (χ0n) is 18.5. The number of carboxylic acids is 1. The van der Waals surface area contributed by atoms with Crippen molar-refractivity contribution in [2.24, 2.45) is 14.1 Å². The highest BCUT2D eigenvalue weighted by atomic mass is 79.9. The molecule has 6 nitrogen and oxygen atoms in total. The molecule has 0 radical (unpaired) electrons. The number of hydrogen-bond acceptors (Lipinski definition) is 3. The molecule has 8 heteroatoms. The Morgan fingerprint density at radius 1 is 0.875 bits per heavy atom. The average molecular weight is 564 g/mol. The van der Waals surface area contributed by atoms with Crippen LogP contribution < -0.4 is 0 Å². The minimum atomic E-state index is -0.879. The van der Waals surface area contributed by atoms with Gasteiger partial charge in [-0.2, -0.15) is 0 Å². The molecule has 4 rings (SSSR count). The van der Waals surface area contributed by atoms with E-state index in [1.54, 1.807) is 0 Å². The third-order valence-corrected chi connectivity index (χ3v) is 6.59. The van der Waals surface area contributed by atoms with Crippen LogP contribution in [-0.4, -0.2) is 32.8 Å². The zero-order chi connectivity index (χ0) is 23.7. The summed E-state index contributed by atoms with van der Waals surface area (Å²) < 4.78 is 10.9. The number of nitrogens with zero attached hydrogens (tertiary/aromatic N) is 2. The summed E-state index contributed by atoms with van der Waals surface area (Å²) in [5.74, 6) is -1.13. The molecule has 0 bridgehead atoms. The van der Waals surface area contributed by atoms with Crippen molar-refractivity contribution in [2.45, 2.75) is 20.8 Å². The van der Waals surface area contributed by atoms with Crippen molar-refractivity contribution in [3.63, 3.8) is 0 Å². The molecule has 0 saturated carbocycles. The van der Waals surface area contributed by atoms with Gasteiger partial charge in [0.1, 0.15) is 0 Å². The summed E-state index contributed by atoms with van der Waals surface area (Å²) in [6, 6.07) is 11.6. The van der Waals surface area contributed by atoms with Gasteiger partial charge in [-0.25, -0.2) is 9.59 Å². The zero-order valence-corrected chi connectivity index (χ0v) is 21.7. The molecule has 0 amide bonds. The molecule has 168 valence electrons. The van der Waals surface area contributed by atoms with Crippen LogP contribution in [0, 0.1) is 13.8 Å². The number of hydrogen-bond donors (Lipinski definition) is 1. The number of esters is 1. The SMILES string of the molecule is CCOC(=O)c1c(C)n(C)c2ccc(Br)cc12.Cc1c(C(=O)O)c2cc(Br)ccc2n1C. The molecule has 0 spiro atoms. The van der Waals surface area contributed by atoms with Gasteiger partial charge in [-0.1, -0.05) is 31.9 Å². The van der Waals surface area contributed by atoms with E-state index in [2.05, 4.69) is 31.9 Å². The van der Waals surface area contributed by atoms with Crippen LogP contribution >= 0.6 is 31.9 Å². The summed E-state index contributed by atoms with van der Waals surface area (Å²) in [4.78, 5) is 23.1. The van der Waals surface area contributed by atoms with Crippen LogP contribution in [0.1, 0.15) is 39.0 Å². The third kappa shape index (κ3) is 4.34. The fourth-order valence-electron chi connectivity index (χ4n) is 3.82. The molecule has 0 saturated heterocycles. The smallest absolute Gasteiger partial charge is 0.340 e. The van der Waals surface area contributed by atoms with Gasteiger partial charge < -0.3 is 19.0 Å². The second kappa shape index (κ2) is 9.50. The van der Waals surface area contributed by atoms with Crippen molar-refractivity contribution in [3.05, 3.63) is 67.9 Å². The number of carboxylic acid groups (broad SMARTS) is 1. The number of benzene rings is 2. The Labute approximate surface area is 203 Å². The monoisotopic (exact) mass is 562 g/mol. The molecule has 4 aromatic rings. The van der Waals surface area contributed by atoms with Gasteiger partial charge in [0.05, 0.1) is 17.7 Å². The third-order valence-electron chi connectivity index (χ3n) is 5.60. The van der Waals surface area contributed by atoms with Gasteiger partial charge in [0, 0.05) is 56.2 Å². The fourth-order valence-corrected chi connectivity index (χ4v) is 4.54. The molecule has 0 aliphatic rings. The molecule has 1 N–H and O–H groups in total. The van der Waals surface area contributed by atoms with Crippen LogP contribution in [-0.2, 0) is 18.8 Å². The predicted molar refractivity (Wildman–Crippen MR) is 134 cm³/mol. The number of fused-ring (bicyclic) bond motifs is 2. The van der Waals surface area contributed by atoms with Crippen LogP contribution in [0.15, 0.2) is 45.3 Å². The summed E-state index contributed by atoms with van der Waals surface area (Å²) in [7, 11) is 3.83. The number of rotatable bonds is 3. The van der Waals surface area contributed by atoms with E-state index in [4.69, 9.17) is 9.84 Å². The average Bonchev–Trinajstić information content (AvgIpc) is 3.12. The topological polar surface area (TPSA) is 73.5 Å². The van der Waals surface area contributed by atoms with E-state index in [0.717, 1.165) is 42.1 Å². The number of aryl methyl sites for hydroxylation is 2. The predicted octanol–water partition coefficient (Wildman–Crippen LogP) is 6.37. The Kier molecular flexibility index (Phi) is 7.15. The second-order valence-corrected chi connectivity index (χ2v) is 9.22. The van der Waals surface area contributed by atoms with E-state index in [9.17, 15) is 9.59 Å². The number of carbonyl (C=O) groups is 2. The van der Waals surface area contributed by atoms with E-state index in [-0.39, 0.29) is 5.97 Å². The lowest BCUT2D eigenvalue weighted by Crippen LogP contribution is -2.06. The van der Waals surface area contributed by atoms with Crippen LogP contribution in [0.25, 0.3) is 21.8 Å². The van der Waals surface area contributed by atoms with E-state index >= 15 is 0 Å². The molecule has 2 aromatic heterocycles. The van der Waals surface area contributed by atoms with Crippen molar-refractivity contribution >= 4 is 65.6 Å². The van der Waals surface area contributed by atoms with Gasteiger partial charge in [0.25, 0.3) is 0 Å². The van der Waals surface area contributed by atoms with Crippen LogP contribution in [0.2, 0.25) is 0 Å². The number of aromatic nitrogens is 2. The van der Waals surface area contributed by atoms with Crippen molar-refractivity contribution in [2.75, 3.05) is 6.61 Å². The molecular weight excluding hydrogens is 540 g/mol. The molecule has 0 atom stereocenters. The number of aromatic carboxylic acids is 1. The number of halogens is 2. The molecule has 0 fully saturated rings. The Morgan fingerprint density at radius 2 is 1.31 bits per heavy atom. The Balaban J connectivity index is 0.000000182. The molecular formula is C24H24Br2N2O4. The van der Waals surface area contributed by atoms with Gasteiger partial charge in [0.15, 0.2) is 0 Å². The summed E-state index contributed by atoms with van der Waals surface area (Å²) in [5.41, 5.74) is 4.72. The minimum Gasteiger partial charge on any atom is -0.478 e. The minimum absolute atomic E-state index is 0.256. The highest BCUT2D eigenvalue weighted by molar-refractivity contribution is 9.10. The first kappa shape index (κ1) is 24.1. The molecule has 2 aromatic carbocycles. The summed E-state index contributed by atoms with van der Waals surface area (Å²) in [5, 5.41) is 10.8. The first-order chi connectivity index (χ1) is 15.1. The fraction of sp³-hybridized carbons (Fsp3) is 0.250. The summed E-state index contributed by atoms with van der Waals surface area (Å²) >= 11 is 6.77. The normalized spacial score (nSPS) is 10.8. The molecule has 32 heavy (non-hydrogen) atoms. The maximum absolute atomic E-state index is 12.0. The van der Waals surface area contributed by atoms with E-state index in [1.807, 2.05) is 80.4 Å². The van der Waals surface area contributed by atoms with Gasteiger partial charge in [-0.15, -0.1) is 0 Å². The van der Waals surface area contributed by atoms with Crippen LogP contribution in [0.3, 0.4) is 0 Å². The maximum Gasteiger partial charge on any atom is 0.340 e. The lowest BCUT2D eigenvalue weighted by Gasteiger charge is -2.02. The Morgan fingerprint density at radius 3 is 1.75 bits per heavy atom. The Bertz CT molecular complexity index is 1350. The van der Waals surface area contributed by atoms with E-state index in [1.165, 1.54) is 0 Å². The van der Waals surface area contributed by atoms with Gasteiger partial charge in [-0.05, 0) is 57.2 Å². The highest BCUT2D eigenvalue weighted by Crippen LogP contribution is 2.29. The van der Waals surface area contributed by atoms with Gasteiger partial charge in [-0.3, -0.25) is 0 Å². The van der Waals surface area contributed by atoms with E-state index in [0.29, 0.717) is 17.7 Å². The first-order valence-corrected chi connectivity index (χ1v) is 11.6. The van der Waals surface area contributed by atoms with Crippen molar-refractivity contribution in [1.29, 1.82) is 0 Å².